The Morgan fingerprint density at radius 2 is 1.71 bits per heavy atom. The van der Waals surface area contributed by atoms with Gasteiger partial charge in [0.05, 0.1) is 24.6 Å². The Labute approximate surface area is 204 Å². The van der Waals surface area contributed by atoms with Gasteiger partial charge in [-0.2, -0.15) is 0 Å². The molecule has 8 heteroatoms. The second kappa shape index (κ2) is 10.0. The molecule has 0 radical (unpaired) electrons. The largest absolute Gasteiger partial charge is 0.493 e. The molecule has 3 aromatic carbocycles. The molecular formula is C26H18Cl2O6. The van der Waals surface area contributed by atoms with E-state index in [0.717, 1.165) is 0 Å². The Bertz CT molecular complexity index is 1470. The molecule has 0 bridgehead atoms. The van der Waals surface area contributed by atoms with Gasteiger partial charge in [0.25, 0.3) is 0 Å². The number of rotatable bonds is 6. The number of halogens is 2. The molecule has 4 rings (SSSR count). The number of fused-ring (bicyclic) bond motifs is 1. The fraction of sp³-hybridized carbons (Fsp3) is 0.0769. The summed E-state index contributed by atoms with van der Waals surface area (Å²) in [6.07, 6.45) is 2.73. The molecule has 4 aromatic rings. The van der Waals surface area contributed by atoms with Gasteiger partial charge in [-0.05, 0) is 54.1 Å². The summed E-state index contributed by atoms with van der Waals surface area (Å²) in [4.78, 5) is 25.9. The van der Waals surface area contributed by atoms with E-state index in [4.69, 9.17) is 41.8 Å². The van der Waals surface area contributed by atoms with E-state index in [-0.39, 0.29) is 21.9 Å². The molecule has 0 atom stereocenters. The lowest BCUT2D eigenvalue weighted by molar-refractivity contribution is -0.129. The summed E-state index contributed by atoms with van der Waals surface area (Å²) in [5.41, 5.74) is 0.853. The number of carbonyl (C=O) groups is 1. The molecule has 0 fully saturated rings. The van der Waals surface area contributed by atoms with Crippen LogP contribution in [0.25, 0.3) is 28.4 Å². The first-order valence-corrected chi connectivity index (χ1v) is 10.8. The van der Waals surface area contributed by atoms with Crippen molar-refractivity contribution >= 4 is 46.2 Å². The maximum atomic E-state index is 13.2. The monoisotopic (exact) mass is 496 g/mol. The minimum atomic E-state index is -0.774. The van der Waals surface area contributed by atoms with Gasteiger partial charge in [0.15, 0.2) is 17.3 Å². The predicted octanol–water partition coefficient (Wildman–Crippen LogP) is 6.40. The summed E-state index contributed by atoms with van der Waals surface area (Å²) in [7, 11) is 3.05. The van der Waals surface area contributed by atoms with Crippen LogP contribution in [0.4, 0.5) is 0 Å². The van der Waals surface area contributed by atoms with Gasteiger partial charge in [-0.15, -0.1) is 0 Å². The molecule has 0 N–H and O–H groups in total. The van der Waals surface area contributed by atoms with Crippen LogP contribution in [0.15, 0.2) is 76.0 Å². The van der Waals surface area contributed by atoms with Gasteiger partial charge in [-0.25, -0.2) is 4.79 Å². The zero-order valence-corrected chi connectivity index (χ0v) is 19.6. The quantitative estimate of drug-likeness (QED) is 0.227. The lowest BCUT2D eigenvalue weighted by Crippen LogP contribution is -2.14. The lowest BCUT2D eigenvalue weighted by Gasteiger charge is -2.11. The Balaban J connectivity index is 1.73. The number of methoxy groups -OCH3 is 2. The van der Waals surface area contributed by atoms with Crippen LogP contribution in [-0.4, -0.2) is 20.2 Å². The van der Waals surface area contributed by atoms with Gasteiger partial charge in [0, 0.05) is 16.7 Å². The third kappa shape index (κ3) is 4.78. The SMILES string of the molecule is COc1ccc(/C=C/C(=O)Oc2c(-c3ccc(Cl)cc3Cl)oc3ccccc3c2=O)cc1OC. The highest BCUT2D eigenvalue weighted by Crippen LogP contribution is 2.36. The van der Waals surface area contributed by atoms with E-state index in [0.29, 0.717) is 33.2 Å². The number of ether oxygens (including phenoxy) is 3. The van der Waals surface area contributed by atoms with Crippen LogP contribution in [0.1, 0.15) is 5.56 Å². The second-order valence-electron chi connectivity index (χ2n) is 7.08. The van der Waals surface area contributed by atoms with Crippen molar-refractivity contribution in [2.45, 2.75) is 0 Å². The Morgan fingerprint density at radius 3 is 2.44 bits per heavy atom. The highest BCUT2D eigenvalue weighted by atomic mass is 35.5. The molecular weight excluding hydrogens is 479 g/mol. The first-order valence-electron chi connectivity index (χ1n) is 10.0. The van der Waals surface area contributed by atoms with Crippen molar-refractivity contribution in [3.63, 3.8) is 0 Å². The minimum Gasteiger partial charge on any atom is -0.493 e. The highest BCUT2D eigenvalue weighted by Gasteiger charge is 2.21. The van der Waals surface area contributed by atoms with E-state index in [1.807, 2.05) is 0 Å². The number of benzene rings is 3. The molecule has 0 unspecified atom stereocenters. The summed E-state index contributed by atoms with van der Waals surface area (Å²) >= 11 is 12.4. The molecule has 34 heavy (non-hydrogen) atoms. The average molecular weight is 497 g/mol. The topological polar surface area (TPSA) is 75.0 Å². The van der Waals surface area contributed by atoms with Gasteiger partial charge < -0.3 is 18.6 Å². The third-order valence-electron chi connectivity index (χ3n) is 4.95. The smallest absolute Gasteiger partial charge is 0.336 e. The van der Waals surface area contributed by atoms with E-state index >= 15 is 0 Å². The number of esters is 1. The normalized spacial score (nSPS) is 11.1. The van der Waals surface area contributed by atoms with E-state index in [2.05, 4.69) is 0 Å². The predicted molar refractivity (Wildman–Crippen MR) is 132 cm³/mol. The van der Waals surface area contributed by atoms with Crippen LogP contribution in [0.3, 0.4) is 0 Å². The van der Waals surface area contributed by atoms with Crippen molar-refractivity contribution in [3.8, 4) is 28.6 Å². The second-order valence-corrected chi connectivity index (χ2v) is 7.92. The van der Waals surface area contributed by atoms with Crippen molar-refractivity contribution < 1.29 is 23.4 Å². The lowest BCUT2D eigenvalue weighted by atomic mass is 10.1. The standard InChI is InChI=1S/C26H18Cl2O6/c1-31-21-11-7-15(13-22(21)32-2)8-12-23(29)34-26-24(30)18-5-3-4-6-20(18)33-25(26)17-10-9-16(27)14-19(17)28/h3-14H,1-2H3/b12-8+. The highest BCUT2D eigenvalue weighted by molar-refractivity contribution is 6.36. The molecule has 0 saturated carbocycles. The molecule has 0 spiro atoms. The first-order chi connectivity index (χ1) is 16.4. The van der Waals surface area contributed by atoms with Crippen LogP contribution < -0.4 is 19.6 Å². The number of carbonyl (C=O) groups excluding carboxylic acids is 1. The van der Waals surface area contributed by atoms with Crippen molar-refractivity contribution in [1.82, 2.24) is 0 Å². The van der Waals surface area contributed by atoms with Crippen molar-refractivity contribution in [2.24, 2.45) is 0 Å². The molecule has 172 valence electrons. The first kappa shape index (κ1) is 23.4. The molecule has 6 nitrogen and oxygen atoms in total. The van der Waals surface area contributed by atoms with E-state index < -0.39 is 11.4 Å². The molecule has 0 aliphatic heterocycles. The van der Waals surface area contributed by atoms with E-state index in [9.17, 15) is 9.59 Å². The molecule has 0 amide bonds. The van der Waals surface area contributed by atoms with Crippen LogP contribution >= 0.6 is 23.2 Å². The third-order valence-corrected chi connectivity index (χ3v) is 5.50. The average Bonchev–Trinajstić information content (AvgIpc) is 2.84. The van der Waals surface area contributed by atoms with Crippen molar-refractivity contribution in [1.29, 1.82) is 0 Å². The minimum absolute atomic E-state index is 0.0261. The Morgan fingerprint density at radius 1 is 0.941 bits per heavy atom. The summed E-state index contributed by atoms with van der Waals surface area (Å²) in [6.45, 7) is 0. The molecule has 1 aromatic heterocycles. The molecule has 0 aliphatic rings. The van der Waals surface area contributed by atoms with Gasteiger partial charge in [-0.1, -0.05) is 41.4 Å². The Hall–Kier alpha value is -3.74. The molecule has 0 aliphatic carbocycles. The van der Waals surface area contributed by atoms with Gasteiger partial charge in [-0.3, -0.25) is 4.79 Å². The van der Waals surface area contributed by atoms with Crippen LogP contribution in [0, 0.1) is 0 Å². The summed E-state index contributed by atoms with van der Waals surface area (Å²) in [5, 5.41) is 0.917. The summed E-state index contributed by atoms with van der Waals surface area (Å²) in [6, 6.07) is 16.5. The molecule has 0 saturated heterocycles. The maximum Gasteiger partial charge on any atom is 0.336 e. The van der Waals surface area contributed by atoms with Crippen molar-refractivity contribution in [3.05, 3.63) is 92.6 Å². The summed E-state index contributed by atoms with van der Waals surface area (Å²) < 4.78 is 21.9. The number of hydrogen-bond acceptors (Lipinski definition) is 6. The van der Waals surface area contributed by atoms with Crippen LogP contribution in [0.2, 0.25) is 10.0 Å². The fourth-order valence-corrected chi connectivity index (χ4v) is 3.82. The van der Waals surface area contributed by atoms with Crippen LogP contribution in [-0.2, 0) is 4.79 Å². The number of para-hydroxylation sites is 1. The zero-order valence-electron chi connectivity index (χ0n) is 18.1. The van der Waals surface area contributed by atoms with Gasteiger partial charge in [0.2, 0.25) is 11.2 Å². The van der Waals surface area contributed by atoms with Crippen molar-refractivity contribution in [2.75, 3.05) is 14.2 Å². The van der Waals surface area contributed by atoms with Crippen LogP contribution in [0.5, 0.6) is 17.2 Å². The number of hydrogen-bond donors (Lipinski definition) is 0. The van der Waals surface area contributed by atoms with Gasteiger partial charge >= 0.3 is 5.97 Å². The zero-order chi connectivity index (χ0) is 24.2. The Kier molecular flexibility index (Phi) is 6.91. The maximum absolute atomic E-state index is 13.2. The van der Waals surface area contributed by atoms with E-state index in [1.54, 1.807) is 54.6 Å². The summed E-state index contributed by atoms with van der Waals surface area (Å²) in [5.74, 6) is 0.0418. The molecule has 1 heterocycles. The van der Waals surface area contributed by atoms with E-state index in [1.165, 1.54) is 32.4 Å². The van der Waals surface area contributed by atoms with Gasteiger partial charge in [0.1, 0.15) is 5.58 Å². The fourth-order valence-electron chi connectivity index (χ4n) is 3.32.